The fourth-order valence-corrected chi connectivity index (χ4v) is 4.35. The van der Waals surface area contributed by atoms with Crippen LogP contribution in [0.25, 0.3) is 0 Å². The fraction of sp³-hybridized carbons (Fsp3) is 0.172. The molecule has 39 heavy (non-hydrogen) atoms. The molecule has 9 nitrogen and oxygen atoms in total. The number of furan rings is 1. The molecule has 2 unspecified atom stereocenters. The second kappa shape index (κ2) is 11.6. The van der Waals surface area contributed by atoms with E-state index in [0.717, 1.165) is 5.69 Å². The Hall–Kier alpha value is -4.99. The van der Waals surface area contributed by atoms with E-state index in [1.165, 1.54) is 29.4 Å². The van der Waals surface area contributed by atoms with Gasteiger partial charge in [-0.2, -0.15) is 0 Å². The lowest BCUT2D eigenvalue weighted by Crippen LogP contribution is -2.46. The highest BCUT2D eigenvalue weighted by Crippen LogP contribution is 2.35. The van der Waals surface area contributed by atoms with E-state index >= 15 is 0 Å². The number of nitrogens with zero attached hydrogens (tertiary/aromatic N) is 2. The molecule has 2 aromatic heterocycles. The second-order valence-corrected chi connectivity index (χ2v) is 8.92. The molecule has 0 spiro atoms. The number of aromatic nitrogens is 1. The zero-order chi connectivity index (χ0) is 27.2. The number of benzene rings is 2. The summed E-state index contributed by atoms with van der Waals surface area (Å²) in [6.07, 6.45) is 1.95. The number of hydrogen-bond donors (Lipinski definition) is 2. The van der Waals surface area contributed by atoms with Crippen molar-refractivity contribution in [1.29, 1.82) is 0 Å². The van der Waals surface area contributed by atoms with Gasteiger partial charge in [-0.15, -0.1) is 0 Å². The van der Waals surface area contributed by atoms with Crippen LogP contribution < -0.4 is 10.6 Å². The van der Waals surface area contributed by atoms with Gasteiger partial charge in [0.15, 0.2) is 17.9 Å². The number of carbonyl (C=O) groups excluding carboxylic acids is 3. The van der Waals surface area contributed by atoms with Gasteiger partial charge in [0.25, 0.3) is 5.91 Å². The highest BCUT2D eigenvalue weighted by molar-refractivity contribution is 6.02. The summed E-state index contributed by atoms with van der Waals surface area (Å²) in [6, 6.07) is 20.1. The minimum Gasteiger partial charge on any atom is -0.459 e. The van der Waals surface area contributed by atoms with Gasteiger partial charge in [-0.05, 0) is 59.7 Å². The van der Waals surface area contributed by atoms with Crippen LogP contribution in [-0.2, 0) is 22.5 Å². The summed E-state index contributed by atoms with van der Waals surface area (Å²) in [5.74, 6) is -1.11. The van der Waals surface area contributed by atoms with Crippen LogP contribution >= 0.6 is 0 Å². The minimum absolute atomic E-state index is 0.0445. The van der Waals surface area contributed by atoms with Gasteiger partial charge in [0, 0.05) is 30.5 Å². The number of halogens is 1. The average molecular weight is 529 g/mol. The normalized spacial score (nSPS) is 16.5. The van der Waals surface area contributed by atoms with Gasteiger partial charge in [0.2, 0.25) is 5.91 Å². The van der Waals surface area contributed by atoms with Gasteiger partial charge < -0.3 is 19.8 Å². The highest BCUT2D eigenvalue weighted by Gasteiger charge is 2.47. The summed E-state index contributed by atoms with van der Waals surface area (Å²) in [6.45, 7) is 0.347. The third-order valence-electron chi connectivity index (χ3n) is 6.24. The van der Waals surface area contributed by atoms with Gasteiger partial charge in [0.05, 0.1) is 12.8 Å². The van der Waals surface area contributed by atoms with Gasteiger partial charge in [-0.3, -0.25) is 19.5 Å². The maximum atomic E-state index is 13.5. The lowest BCUT2D eigenvalue weighted by molar-refractivity contribution is -0.126. The summed E-state index contributed by atoms with van der Waals surface area (Å²) in [5.41, 5.74) is 2.42. The molecule has 198 valence electrons. The Bertz CT molecular complexity index is 1440. The Morgan fingerprint density at radius 1 is 1.00 bits per heavy atom. The Morgan fingerprint density at radius 3 is 2.59 bits per heavy atom. The molecule has 1 saturated heterocycles. The monoisotopic (exact) mass is 528 g/mol. The molecule has 5 rings (SSSR count). The Kier molecular flexibility index (Phi) is 7.63. The third-order valence-corrected chi connectivity index (χ3v) is 6.24. The van der Waals surface area contributed by atoms with Crippen LogP contribution in [0.15, 0.2) is 95.7 Å². The van der Waals surface area contributed by atoms with Crippen LogP contribution in [0.2, 0.25) is 0 Å². The predicted molar refractivity (Wildman–Crippen MR) is 139 cm³/mol. The van der Waals surface area contributed by atoms with Gasteiger partial charge in [0.1, 0.15) is 5.82 Å². The SMILES string of the molecule is O=C(Nc1cccc(C2OC(=O)N(Cc3ccc(F)cc3)C2C(=O)NCCc2ccccn2)c1)c1ccco1. The van der Waals surface area contributed by atoms with E-state index < -0.39 is 35.9 Å². The van der Waals surface area contributed by atoms with E-state index in [-0.39, 0.29) is 12.3 Å². The summed E-state index contributed by atoms with van der Waals surface area (Å²) < 4.78 is 24.3. The van der Waals surface area contributed by atoms with Gasteiger partial charge >= 0.3 is 6.09 Å². The molecule has 1 aliphatic heterocycles. The van der Waals surface area contributed by atoms with E-state index in [4.69, 9.17) is 9.15 Å². The molecule has 2 N–H and O–H groups in total. The number of amides is 3. The minimum atomic E-state index is -1.01. The lowest BCUT2D eigenvalue weighted by Gasteiger charge is -2.24. The molecule has 1 fully saturated rings. The first-order valence-corrected chi connectivity index (χ1v) is 12.3. The summed E-state index contributed by atoms with van der Waals surface area (Å²) >= 11 is 0. The molecule has 0 radical (unpaired) electrons. The number of rotatable bonds is 9. The van der Waals surface area contributed by atoms with Crippen molar-refractivity contribution in [2.24, 2.45) is 0 Å². The van der Waals surface area contributed by atoms with Crippen molar-refractivity contribution in [3.8, 4) is 0 Å². The van der Waals surface area contributed by atoms with E-state index in [1.807, 2.05) is 18.2 Å². The fourth-order valence-electron chi connectivity index (χ4n) is 4.35. The zero-order valence-electron chi connectivity index (χ0n) is 20.7. The van der Waals surface area contributed by atoms with Crippen molar-refractivity contribution in [3.05, 3.63) is 120 Å². The molecule has 2 aromatic carbocycles. The topological polar surface area (TPSA) is 114 Å². The molecule has 4 aromatic rings. The largest absolute Gasteiger partial charge is 0.459 e. The van der Waals surface area contributed by atoms with E-state index in [0.29, 0.717) is 29.8 Å². The van der Waals surface area contributed by atoms with Crippen molar-refractivity contribution < 1.29 is 27.9 Å². The Balaban J connectivity index is 1.37. The maximum absolute atomic E-state index is 13.5. The summed E-state index contributed by atoms with van der Waals surface area (Å²) in [7, 11) is 0. The highest BCUT2D eigenvalue weighted by atomic mass is 19.1. The Labute approximate surface area is 223 Å². The number of nitrogens with one attached hydrogen (secondary N) is 2. The average Bonchev–Trinajstić information content (AvgIpc) is 3.60. The number of hydrogen-bond acceptors (Lipinski definition) is 6. The summed E-state index contributed by atoms with van der Waals surface area (Å²) in [5, 5.41) is 5.63. The molecular weight excluding hydrogens is 503 g/mol. The molecule has 1 aliphatic rings. The molecule has 0 saturated carbocycles. The smallest absolute Gasteiger partial charge is 0.411 e. The van der Waals surface area contributed by atoms with Crippen LogP contribution in [0.1, 0.15) is 33.5 Å². The van der Waals surface area contributed by atoms with Crippen LogP contribution in [0.5, 0.6) is 0 Å². The van der Waals surface area contributed by atoms with Gasteiger partial charge in [-0.25, -0.2) is 9.18 Å². The summed E-state index contributed by atoms with van der Waals surface area (Å²) in [4.78, 5) is 44.5. The van der Waals surface area contributed by atoms with Crippen molar-refractivity contribution in [2.45, 2.75) is 25.1 Å². The van der Waals surface area contributed by atoms with Crippen molar-refractivity contribution >= 4 is 23.6 Å². The molecule has 3 amide bonds. The molecular formula is C29H25FN4O5. The van der Waals surface area contributed by atoms with Crippen LogP contribution in [0.4, 0.5) is 14.9 Å². The van der Waals surface area contributed by atoms with Crippen LogP contribution in [0.3, 0.4) is 0 Å². The first-order chi connectivity index (χ1) is 19.0. The Morgan fingerprint density at radius 2 is 1.85 bits per heavy atom. The predicted octanol–water partition coefficient (Wildman–Crippen LogP) is 4.49. The lowest BCUT2D eigenvalue weighted by atomic mass is 10.00. The van der Waals surface area contributed by atoms with Crippen LogP contribution in [-0.4, -0.2) is 40.4 Å². The molecule has 0 aliphatic carbocycles. The zero-order valence-corrected chi connectivity index (χ0v) is 20.7. The van der Waals surface area contributed by atoms with Gasteiger partial charge in [-0.1, -0.05) is 30.3 Å². The van der Waals surface area contributed by atoms with Crippen molar-refractivity contribution in [1.82, 2.24) is 15.2 Å². The number of carbonyl (C=O) groups is 3. The number of ether oxygens (including phenoxy) is 1. The quantitative estimate of drug-likeness (QED) is 0.331. The third kappa shape index (κ3) is 6.12. The second-order valence-electron chi connectivity index (χ2n) is 8.92. The van der Waals surface area contributed by atoms with Crippen LogP contribution in [0, 0.1) is 5.82 Å². The van der Waals surface area contributed by atoms with E-state index in [2.05, 4.69) is 15.6 Å². The van der Waals surface area contributed by atoms with E-state index in [1.54, 1.807) is 48.7 Å². The number of anilines is 1. The first-order valence-electron chi connectivity index (χ1n) is 12.3. The number of cyclic esters (lactones) is 1. The molecule has 3 heterocycles. The molecule has 10 heteroatoms. The standard InChI is InChI=1S/C29H25FN4O5/c30-21-11-9-19(10-12-21)18-34-25(28(36)32-15-13-22-6-1-2-14-31-22)26(39-29(34)37)20-5-3-7-23(17-20)33-27(35)24-8-4-16-38-24/h1-12,14,16-17,25-26H,13,15,18H2,(H,32,36)(H,33,35). The molecule has 2 atom stereocenters. The van der Waals surface area contributed by atoms with Crippen molar-refractivity contribution in [2.75, 3.05) is 11.9 Å². The number of pyridine rings is 1. The molecule has 0 bridgehead atoms. The maximum Gasteiger partial charge on any atom is 0.411 e. The van der Waals surface area contributed by atoms with Crippen molar-refractivity contribution in [3.63, 3.8) is 0 Å². The van der Waals surface area contributed by atoms with E-state index in [9.17, 15) is 18.8 Å². The first kappa shape index (κ1) is 25.7.